The lowest BCUT2D eigenvalue weighted by Gasteiger charge is -2.36. The van der Waals surface area contributed by atoms with E-state index in [4.69, 9.17) is 21.1 Å². The van der Waals surface area contributed by atoms with Crippen molar-refractivity contribution in [3.8, 4) is 0 Å². The van der Waals surface area contributed by atoms with E-state index in [1.807, 2.05) is 6.92 Å². The van der Waals surface area contributed by atoms with E-state index in [1.54, 1.807) is 31.2 Å². The first kappa shape index (κ1) is 23.5. The summed E-state index contributed by atoms with van der Waals surface area (Å²) in [5.41, 5.74) is -0.666. The molecule has 10 heteroatoms. The van der Waals surface area contributed by atoms with E-state index < -0.39 is 47.5 Å². The number of benzene rings is 1. The molecule has 2 amide bonds. The summed E-state index contributed by atoms with van der Waals surface area (Å²) in [4.78, 5) is 41.3. The standard InChI is InChI=1S/C22H26BrClN2O6/c1-3-13(10-27)26-18(19(28)25-12-7-5-11(24)6-8-12)22-9-14(23)17(32-22)15(16(22)20(26)29)21(30)31-4-2/h5-8,13-18,27H,3-4,9-10H2,1-2H3,(H,25,28)/t13-,14?,15+,16-,17+,18?,22?/m0/s1. The number of halogens is 2. The molecule has 1 aromatic carbocycles. The molecular weight excluding hydrogens is 504 g/mol. The number of aliphatic hydroxyl groups excluding tert-OH is 1. The molecule has 0 aliphatic carbocycles. The van der Waals surface area contributed by atoms with Gasteiger partial charge in [-0.25, -0.2) is 0 Å². The number of hydrogen-bond donors (Lipinski definition) is 2. The molecule has 3 fully saturated rings. The van der Waals surface area contributed by atoms with Crippen LogP contribution in [-0.4, -0.2) is 69.6 Å². The molecule has 3 heterocycles. The maximum absolute atomic E-state index is 13.7. The third-order valence-corrected chi connectivity index (χ3v) is 7.82. The van der Waals surface area contributed by atoms with Crippen LogP contribution >= 0.6 is 27.5 Å². The Morgan fingerprint density at radius 1 is 1.38 bits per heavy atom. The number of anilines is 1. The van der Waals surface area contributed by atoms with Gasteiger partial charge in [0.2, 0.25) is 11.8 Å². The van der Waals surface area contributed by atoms with Gasteiger partial charge in [0.1, 0.15) is 11.6 Å². The minimum atomic E-state index is -1.19. The van der Waals surface area contributed by atoms with E-state index >= 15 is 0 Å². The number of likely N-dealkylation sites (tertiary alicyclic amines) is 1. The van der Waals surface area contributed by atoms with E-state index in [9.17, 15) is 19.5 Å². The SMILES string of the molecule is CCOC(=O)[C@H]1[C@@H]2OC3(CC2Br)C(C(=O)Nc2ccc(Cl)cc2)N([C@@H](CC)CO)C(=O)[C@H]13. The molecule has 1 aromatic rings. The van der Waals surface area contributed by atoms with E-state index in [0.717, 1.165) is 0 Å². The molecule has 0 aromatic heterocycles. The summed E-state index contributed by atoms with van der Waals surface area (Å²) in [6.45, 7) is 3.42. The van der Waals surface area contributed by atoms with Crippen LogP contribution in [0.3, 0.4) is 0 Å². The first-order chi connectivity index (χ1) is 15.3. The maximum atomic E-state index is 13.7. The highest BCUT2D eigenvalue weighted by Gasteiger charge is 2.77. The number of nitrogens with zero attached hydrogens (tertiary/aromatic N) is 1. The summed E-state index contributed by atoms with van der Waals surface area (Å²) in [7, 11) is 0. The highest BCUT2D eigenvalue weighted by Crippen LogP contribution is 2.60. The van der Waals surface area contributed by atoms with Crippen LogP contribution in [0, 0.1) is 11.8 Å². The van der Waals surface area contributed by atoms with Crippen molar-refractivity contribution in [3.05, 3.63) is 29.3 Å². The van der Waals surface area contributed by atoms with Crippen molar-refractivity contribution in [3.63, 3.8) is 0 Å². The Morgan fingerprint density at radius 3 is 2.66 bits per heavy atom. The summed E-state index contributed by atoms with van der Waals surface area (Å²) in [5, 5.41) is 13.4. The van der Waals surface area contributed by atoms with Crippen molar-refractivity contribution in [2.45, 2.75) is 55.3 Å². The first-order valence-electron chi connectivity index (χ1n) is 10.8. The van der Waals surface area contributed by atoms with Crippen LogP contribution in [0.2, 0.25) is 5.02 Å². The fraction of sp³-hybridized carbons (Fsp3) is 0.591. The van der Waals surface area contributed by atoms with Crippen LogP contribution in [0.5, 0.6) is 0 Å². The number of nitrogens with one attached hydrogen (secondary N) is 1. The van der Waals surface area contributed by atoms with Crippen molar-refractivity contribution < 1.29 is 29.0 Å². The zero-order valence-corrected chi connectivity index (χ0v) is 20.1. The van der Waals surface area contributed by atoms with Crippen LogP contribution in [0.15, 0.2) is 24.3 Å². The van der Waals surface area contributed by atoms with Gasteiger partial charge in [0.15, 0.2) is 0 Å². The summed E-state index contributed by atoms with van der Waals surface area (Å²) in [6.07, 6.45) is 0.271. The normalized spacial score (nSPS) is 33.8. The number of aliphatic hydroxyl groups is 1. The quantitative estimate of drug-likeness (QED) is 0.415. The number of hydrogen-bond acceptors (Lipinski definition) is 6. The second kappa shape index (κ2) is 8.93. The van der Waals surface area contributed by atoms with Crippen LogP contribution in [-0.2, 0) is 23.9 Å². The average Bonchev–Trinajstić information content (AvgIpc) is 3.35. The molecule has 2 bridgehead atoms. The van der Waals surface area contributed by atoms with Gasteiger partial charge in [0, 0.05) is 15.5 Å². The lowest BCUT2D eigenvalue weighted by molar-refractivity contribution is -0.155. The van der Waals surface area contributed by atoms with Gasteiger partial charge in [0.25, 0.3) is 0 Å². The topological polar surface area (TPSA) is 105 Å². The summed E-state index contributed by atoms with van der Waals surface area (Å²) >= 11 is 9.54. The van der Waals surface area contributed by atoms with Gasteiger partial charge < -0.3 is 24.8 Å². The molecule has 0 radical (unpaired) electrons. The monoisotopic (exact) mass is 528 g/mol. The Kier molecular flexibility index (Phi) is 6.55. The number of fused-ring (bicyclic) bond motifs is 1. The second-order valence-electron chi connectivity index (χ2n) is 8.40. The Balaban J connectivity index is 1.75. The predicted octanol–water partition coefficient (Wildman–Crippen LogP) is 2.36. The first-order valence-corrected chi connectivity index (χ1v) is 12.1. The van der Waals surface area contributed by atoms with Crippen molar-refractivity contribution in [2.75, 3.05) is 18.5 Å². The van der Waals surface area contributed by atoms with Crippen molar-refractivity contribution in [1.29, 1.82) is 0 Å². The van der Waals surface area contributed by atoms with Crippen LogP contribution < -0.4 is 5.32 Å². The smallest absolute Gasteiger partial charge is 0.312 e. The number of rotatable bonds is 7. The van der Waals surface area contributed by atoms with Crippen LogP contribution in [0.25, 0.3) is 0 Å². The number of carbonyl (C=O) groups is 3. The molecule has 4 rings (SSSR count). The van der Waals surface area contributed by atoms with Gasteiger partial charge in [0.05, 0.1) is 37.2 Å². The van der Waals surface area contributed by atoms with Gasteiger partial charge in [-0.2, -0.15) is 0 Å². The van der Waals surface area contributed by atoms with Gasteiger partial charge in [-0.15, -0.1) is 0 Å². The van der Waals surface area contributed by atoms with E-state index in [2.05, 4.69) is 21.2 Å². The molecule has 3 aliphatic heterocycles. The summed E-state index contributed by atoms with van der Waals surface area (Å²) in [6, 6.07) is 5.06. The minimum Gasteiger partial charge on any atom is -0.466 e. The fourth-order valence-electron chi connectivity index (χ4n) is 5.43. The fourth-order valence-corrected chi connectivity index (χ4v) is 6.49. The number of amides is 2. The average molecular weight is 530 g/mol. The number of alkyl halides is 1. The molecule has 0 saturated carbocycles. The molecule has 3 unspecified atom stereocenters. The van der Waals surface area contributed by atoms with Crippen molar-refractivity contribution >= 4 is 51.0 Å². The molecule has 32 heavy (non-hydrogen) atoms. The zero-order chi connectivity index (χ0) is 23.2. The summed E-state index contributed by atoms with van der Waals surface area (Å²) in [5.74, 6) is -2.95. The Morgan fingerprint density at radius 2 is 2.06 bits per heavy atom. The highest BCUT2D eigenvalue weighted by molar-refractivity contribution is 9.09. The van der Waals surface area contributed by atoms with E-state index in [0.29, 0.717) is 23.6 Å². The molecule has 1 spiro atoms. The molecule has 174 valence electrons. The largest absolute Gasteiger partial charge is 0.466 e. The molecular formula is C22H26BrClN2O6. The number of esters is 1. The molecule has 8 nitrogen and oxygen atoms in total. The van der Waals surface area contributed by atoms with Gasteiger partial charge in [-0.05, 0) is 44.0 Å². The van der Waals surface area contributed by atoms with Gasteiger partial charge in [-0.1, -0.05) is 34.5 Å². The molecule has 3 aliphatic rings. The lowest BCUT2D eigenvalue weighted by Crippen LogP contribution is -2.56. The Hall–Kier alpha value is -1.68. The third-order valence-electron chi connectivity index (χ3n) is 6.72. The molecule has 7 atom stereocenters. The Labute approximate surface area is 199 Å². The lowest BCUT2D eigenvalue weighted by atomic mass is 9.70. The maximum Gasteiger partial charge on any atom is 0.312 e. The second-order valence-corrected chi connectivity index (χ2v) is 10.0. The molecule has 2 N–H and O–H groups in total. The molecule has 3 saturated heterocycles. The number of ether oxygens (including phenoxy) is 2. The van der Waals surface area contributed by atoms with Crippen LogP contribution in [0.1, 0.15) is 26.7 Å². The Bertz CT molecular complexity index is 910. The van der Waals surface area contributed by atoms with Crippen LogP contribution in [0.4, 0.5) is 5.69 Å². The van der Waals surface area contributed by atoms with E-state index in [-0.39, 0.29) is 23.9 Å². The third kappa shape index (κ3) is 3.54. The van der Waals surface area contributed by atoms with Gasteiger partial charge in [-0.3, -0.25) is 14.4 Å². The predicted molar refractivity (Wildman–Crippen MR) is 120 cm³/mol. The minimum absolute atomic E-state index is 0.182. The number of carbonyl (C=O) groups excluding carboxylic acids is 3. The summed E-state index contributed by atoms with van der Waals surface area (Å²) < 4.78 is 11.6. The van der Waals surface area contributed by atoms with Gasteiger partial charge >= 0.3 is 5.97 Å². The van der Waals surface area contributed by atoms with E-state index in [1.165, 1.54) is 4.90 Å². The highest BCUT2D eigenvalue weighted by atomic mass is 79.9. The van der Waals surface area contributed by atoms with Crippen molar-refractivity contribution in [2.24, 2.45) is 11.8 Å². The van der Waals surface area contributed by atoms with Crippen molar-refractivity contribution in [1.82, 2.24) is 4.90 Å². The zero-order valence-electron chi connectivity index (χ0n) is 17.8.